The van der Waals surface area contributed by atoms with Crippen molar-refractivity contribution in [3.63, 3.8) is 0 Å². The van der Waals surface area contributed by atoms with Crippen molar-refractivity contribution in [2.45, 2.75) is 20.0 Å². The highest BCUT2D eigenvalue weighted by atomic mass is 35.5. The first-order valence-corrected chi connectivity index (χ1v) is 6.99. The summed E-state index contributed by atoms with van der Waals surface area (Å²) >= 11 is 6.17. The predicted octanol–water partition coefficient (Wildman–Crippen LogP) is 3.36. The molecule has 4 heteroatoms. The molecule has 1 heterocycles. The Bertz CT molecular complexity index is 674. The molecule has 0 radical (unpaired) electrons. The monoisotopic (exact) mass is 301 g/mol. The van der Waals surface area contributed by atoms with Crippen LogP contribution in [-0.2, 0) is 6.61 Å². The van der Waals surface area contributed by atoms with E-state index >= 15 is 0 Å². The lowest BCUT2D eigenvalue weighted by atomic mass is 10.1. The van der Waals surface area contributed by atoms with Crippen LogP contribution in [0.4, 0.5) is 0 Å². The van der Waals surface area contributed by atoms with Gasteiger partial charge in [-0.25, -0.2) is 0 Å². The zero-order valence-electron chi connectivity index (χ0n) is 11.8. The summed E-state index contributed by atoms with van der Waals surface area (Å²) < 4.78 is 5.70. The minimum atomic E-state index is 0.0581. The number of aryl methyl sites for hydroxylation is 1. The number of aromatic nitrogens is 1. The summed E-state index contributed by atoms with van der Waals surface area (Å²) in [5, 5.41) is 9.40. The van der Waals surface area contributed by atoms with Crippen LogP contribution in [0.25, 0.3) is 0 Å². The van der Waals surface area contributed by atoms with E-state index in [1.807, 2.05) is 31.2 Å². The second kappa shape index (κ2) is 7.68. The van der Waals surface area contributed by atoms with Crippen molar-refractivity contribution in [1.29, 1.82) is 0 Å². The molecule has 0 saturated heterocycles. The summed E-state index contributed by atoms with van der Waals surface area (Å²) in [6.45, 7) is 2.44. The molecular formula is C17H16ClNO2. The maximum absolute atomic E-state index is 8.70. The number of hydrogen-bond acceptors (Lipinski definition) is 3. The van der Waals surface area contributed by atoms with Crippen LogP contribution in [0, 0.1) is 18.8 Å². The SMILES string of the molecule is Cc1ccc(COc2cncc(C#CCCO)c2)c(Cl)c1. The lowest BCUT2D eigenvalue weighted by Gasteiger charge is -2.08. The van der Waals surface area contributed by atoms with Gasteiger partial charge in [0.2, 0.25) is 0 Å². The average molecular weight is 302 g/mol. The highest BCUT2D eigenvalue weighted by Crippen LogP contribution is 2.20. The summed E-state index contributed by atoms with van der Waals surface area (Å²) in [6.07, 6.45) is 3.75. The molecular weight excluding hydrogens is 286 g/mol. The molecule has 0 amide bonds. The van der Waals surface area contributed by atoms with E-state index in [2.05, 4.69) is 16.8 Å². The maximum Gasteiger partial charge on any atom is 0.139 e. The molecule has 0 bridgehead atoms. The van der Waals surface area contributed by atoms with Gasteiger partial charge in [0, 0.05) is 28.8 Å². The Morgan fingerprint density at radius 1 is 1.29 bits per heavy atom. The number of benzene rings is 1. The quantitative estimate of drug-likeness (QED) is 0.881. The third kappa shape index (κ3) is 4.78. The molecule has 0 aliphatic heterocycles. The van der Waals surface area contributed by atoms with E-state index in [1.165, 1.54) is 0 Å². The number of halogens is 1. The average Bonchev–Trinajstić information content (AvgIpc) is 2.47. The molecule has 0 unspecified atom stereocenters. The fraction of sp³-hybridized carbons (Fsp3) is 0.235. The summed E-state index contributed by atoms with van der Waals surface area (Å²) in [5.41, 5.74) is 2.81. The van der Waals surface area contributed by atoms with Crippen LogP contribution in [0.5, 0.6) is 5.75 Å². The number of aliphatic hydroxyl groups excluding tert-OH is 1. The van der Waals surface area contributed by atoms with Crippen LogP contribution in [0.3, 0.4) is 0 Å². The van der Waals surface area contributed by atoms with Crippen molar-refractivity contribution in [1.82, 2.24) is 4.98 Å². The lowest BCUT2D eigenvalue weighted by molar-refractivity contribution is 0.305. The van der Waals surface area contributed by atoms with Gasteiger partial charge < -0.3 is 9.84 Å². The summed E-state index contributed by atoms with van der Waals surface area (Å²) in [5.74, 6) is 6.42. The van der Waals surface area contributed by atoms with Crippen molar-refractivity contribution >= 4 is 11.6 Å². The molecule has 21 heavy (non-hydrogen) atoms. The largest absolute Gasteiger partial charge is 0.487 e. The highest BCUT2D eigenvalue weighted by molar-refractivity contribution is 6.31. The molecule has 108 valence electrons. The van der Waals surface area contributed by atoms with Crippen LogP contribution in [-0.4, -0.2) is 16.7 Å². The van der Waals surface area contributed by atoms with Gasteiger partial charge in [-0.2, -0.15) is 0 Å². The molecule has 1 aromatic carbocycles. The van der Waals surface area contributed by atoms with Gasteiger partial charge in [0.25, 0.3) is 0 Å². The minimum absolute atomic E-state index is 0.0581. The van der Waals surface area contributed by atoms with E-state index in [9.17, 15) is 0 Å². The van der Waals surface area contributed by atoms with Gasteiger partial charge in [0.15, 0.2) is 0 Å². The van der Waals surface area contributed by atoms with E-state index in [0.717, 1.165) is 16.7 Å². The first-order valence-electron chi connectivity index (χ1n) is 6.61. The van der Waals surface area contributed by atoms with Gasteiger partial charge in [0.1, 0.15) is 12.4 Å². The third-order valence-corrected chi connectivity index (χ3v) is 3.14. The minimum Gasteiger partial charge on any atom is -0.487 e. The Kier molecular flexibility index (Phi) is 5.62. The van der Waals surface area contributed by atoms with Crippen molar-refractivity contribution in [2.75, 3.05) is 6.61 Å². The van der Waals surface area contributed by atoms with Crippen molar-refractivity contribution < 1.29 is 9.84 Å². The Balaban J connectivity index is 2.03. The van der Waals surface area contributed by atoms with Crippen LogP contribution in [0.2, 0.25) is 5.02 Å². The molecule has 0 saturated carbocycles. The Morgan fingerprint density at radius 2 is 2.14 bits per heavy atom. The second-order valence-corrected chi connectivity index (χ2v) is 4.98. The molecule has 1 aromatic heterocycles. The predicted molar refractivity (Wildman–Crippen MR) is 83.3 cm³/mol. The van der Waals surface area contributed by atoms with Gasteiger partial charge in [-0.15, -0.1) is 0 Å². The molecule has 0 aliphatic rings. The van der Waals surface area contributed by atoms with Gasteiger partial charge in [0.05, 0.1) is 12.8 Å². The van der Waals surface area contributed by atoms with Gasteiger partial charge in [-0.3, -0.25) is 4.98 Å². The summed E-state index contributed by atoms with van der Waals surface area (Å²) in [7, 11) is 0. The van der Waals surface area contributed by atoms with Crippen molar-refractivity contribution in [3.05, 3.63) is 58.4 Å². The van der Waals surface area contributed by atoms with Crippen LogP contribution < -0.4 is 4.74 Å². The smallest absolute Gasteiger partial charge is 0.139 e. The number of rotatable bonds is 4. The number of aliphatic hydroxyl groups is 1. The van der Waals surface area contributed by atoms with Crippen LogP contribution >= 0.6 is 11.6 Å². The highest BCUT2D eigenvalue weighted by Gasteiger charge is 2.02. The summed E-state index contributed by atoms with van der Waals surface area (Å²) in [6, 6.07) is 7.68. The molecule has 0 aliphatic carbocycles. The molecule has 1 N–H and O–H groups in total. The van der Waals surface area contributed by atoms with E-state index in [-0.39, 0.29) is 6.61 Å². The molecule has 2 rings (SSSR count). The molecule has 0 fully saturated rings. The zero-order valence-corrected chi connectivity index (χ0v) is 12.5. The lowest BCUT2D eigenvalue weighted by Crippen LogP contribution is -1.97. The Labute approximate surface area is 129 Å². The Morgan fingerprint density at radius 3 is 2.90 bits per heavy atom. The normalized spacial score (nSPS) is 9.86. The first kappa shape index (κ1) is 15.4. The number of pyridine rings is 1. The van der Waals surface area contributed by atoms with Crippen molar-refractivity contribution in [3.8, 4) is 17.6 Å². The van der Waals surface area contributed by atoms with Crippen LogP contribution in [0.15, 0.2) is 36.7 Å². The number of hydrogen-bond donors (Lipinski definition) is 1. The molecule has 0 atom stereocenters. The molecule has 0 spiro atoms. The van der Waals surface area contributed by atoms with E-state index < -0.39 is 0 Å². The van der Waals surface area contributed by atoms with Crippen molar-refractivity contribution in [2.24, 2.45) is 0 Å². The first-order chi connectivity index (χ1) is 10.2. The zero-order chi connectivity index (χ0) is 15.1. The van der Waals surface area contributed by atoms with E-state index in [4.69, 9.17) is 21.4 Å². The number of ether oxygens (including phenoxy) is 1. The third-order valence-electron chi connectivity index (χ3n) is 2.79. The fourth-order valence-corrected chi connectivity index (χ4v) is 2.01. The Hall–Kier alpha value is -2.02. The van der Waals surface area contributed by atoms with E-state index in [1.54, 1.807) is 12.4 Å². The maximum atomic E-state index is 8.70. The molecule has 3 nitrogen and oxygen atoms in total. The summed E-state index contributed by atoms with van der Waals surface area (Å²) in [4.78, 5) is 4.09. The topological polar surface area (TPSA) is 42.4 Å². The standard InChI is InChI=1S/C17H16ClNO2/c1-13-5-6-15(17(18)8-13)12-21-16-9-14(10-19-11-16)4-2-3-7-20/h5-6,8-11,20H,3,7,12H2,1H3. The number of nitrogens with zero attached hydrogens (tertiary/aromatic N) is 1. The van der Waals surface area contributed by atoms with E-state index in [0.29, 0.717) is 23.8 Å². The fourth-order valence-electron chi connectivity index (χ4n) is 1.72. The van der Waals surface area contributed by atoms with Gasteiger partial charge in [-0.05, 0) is 24.6 Å². The molecule has 2 aromatic rings. The van der Waals surface area contributed by atoms with Gasteiger partial charge >= 0.3 is 0 Å². The van der Waals surface area contributed by atoms with Crippen LogP contribution in [0.1, 0.15) is 23.1 Å². The van der Waals surface area contributed by atoms with Gasteiger partial charge in [-0.1, -0.05) is 35.6 Å². The second-order valence-electron chi connectivity index (χ2n) is 4.57.